The third-order valence-electron chi connectivity index (χ3n) is 2.62. The largest absolute Gasteiger partial charge is 0.733 e. The minimum Gasteiger partial charge on any atom is -0.733 e. The van der Waals surface area contributed by atoms with Crippen molar-refractivity contribution in [3.05, 3.63) is 46.9 Å². The van der Waals surface area contributed by atoms with Gasteiger partial charge in [0.15, 0.2) is 5.76 Å². The van der Waals surface area contributed by atoms with Crippen molar-refractivity contribution in [3.63, 3.8) is 0 Å². The van der Waals surface area contributed by atoms with Crippen molar-refractivity contribution in [2.24, 2.45) is 0 Å². The lowest BCUT2D eigenvalue weighted by Gasteiger charge is -2.24. The fourth-order valence-electron chi connectivity index (χ4n) is 1.75. The maximum Gasteiger partial charge on any atom is 0.193 e. The molecule has 0 aliphatic carbocycles. The number of rotatable bonds is 2. The van der Waals surface area contributed by atoms with Crippen LogP contribution in [0.5, 0.6) is 0 Å². The number of hydrogen-bond donors (Lipinski definition) is 1. The molecule has 1 atom stereocenters. The number of anilines is 1. The van der Waals surface area contributed by atoms with Gasteiger partial charge in [0.05, 0.1) is 5.69 Å². The normalized spacial score (nSPS) is 18.9. The van der Waals surface area contributed by atoms with Gasteiger partial charge in [0.1, 0.15) is 12.2 Å². The molecule has 1 aliphatic rings. The second kappa shape index (κ2) is 4.87. The van der Waals surface area contributed by atoms with Crippen molar-refractivity contribution in [1.29, 1.82) is 5.26 Å². The van der Waals surface area contributed by atoms with Gasteiger partial charge >= 0.3 is 0 Å². The fourth-order valence-corrected chi connectivity index (χ4v) is 1.75. The third kappa shape index (κ3) is 2.56. The van der Waals surface area contributed by atoms with Gasteiger partial charge in [0, 0.05) is 0 Å². The lowest BCUT2D eigenvalue weighted by Crippen LogP contribution is -2.09. The molecule has 1 aliphatic heterocycles. The molecule has 0 radical (unpaired) electrons. The minimum absolute atomic E-state index is 0.164. The molecule has 17 heavy (non-hydrogen) atoms. The van der Waals surface area contributed by atoms with Crippen molar-refractivity contribution in [1.82, 2.24) is 0 Å². The van der Waals surface area contributed by atoms with Crippen LogP contribution in [0, 0.1) is 16.5 Å². The second-order valence-corrected chi connectivity index (χ2v) is 3.73. The lowest BCUT2D eigenvalue weighted by atomic mass is 10.0. The van der Waals surface area contributed by atoms with Crippen molar-refractivity contribution in [2.45, 2.75) is 18.9 Å². The maximum absolute atomic E-state index is 10.6. The second-order valence-electron chi connectivity index (χ2n) is 3.73. The summed E-state index contributed by atoms with van der Waals surface area (Å²) in [5, 5.41) is 27.9. The van der Waals surface area contributed by atoms with E-state index < -0.39 is 0 Å². The molecular formula is C12H11N2O3-. The third-order valence-corrected chi connectivity index (χ3v) is 2.62. The summed E-state index contributed by atoms with van der Waals surface area (Å²) in [6, 6.07) is 8.41. The van der Waals surface area contributed by atoms with Crippen LogP contribution in [0.2, 0.25) is 0 Å². The molecule has 0 saturated heterocycles. The summed E-state index contributed by atoms with van der Waals surface area (Å²) in [4.78, 5) is 0. The Morgan fingerprint density at radius 1 is 1.41 bits per heavy atom. The van der Waals surface area contributed by atoms with E-state index in [-0.39, 0.29) is 17.0 Å². The maximum atomic E-state index is 10.6. The Balaban J connectivity index is 2.13. The fraction of sp³-hybridized carbons (Fsp3) is 0.250. The molecule has 0 saturated carbocycles. The Kier molecular flexibility index (Phi) is 3.28. The number of nitriles is 1. The average Bonchev–Trinajstić information content (AvgIpc) is 2.39. The Hall–Kier alpha value is -2.03. The first kappa shape index (κ1) is 11.5. The van der Waals surface area contributed by atoms with Gasteiger partial charge in [-0.15, -0.1) is 0 Å². The average molecular weight is 231 g/mol. The highest BCUT2D eigenvalue weighted by Gasteiger charge is 2.17. The Morgan fingerprint density at radius 3 is 2.71 bits per heavy atom. The van der Waals surface area contributed by atoms with Crippen molar-refractivity contribution in [3.8, 4) is 6.07 Å². The zero-order valence-corrected chi connectivity index (χ0v) is 9.04. The van der Waals surface area contributed by atoms with Crippen LogP contribution in [0.15, 0.2) is 36.1 Å². The topological polar surface area (TPSA) is 79.6 Å². The van der Waals surface area contributed by atoms with Crippen LogP contribution in [-0.2, 0) is 4.74 Å². The van der Waals surface area contributed by atoms with Gasteiger partial charge in [-0.1, -0.05) is 12.1 Å². The molecule has 0 amide bonds. The molecule has 1 heterocycles. The molecule has 0 bridgehead atoms. The molecule has 88 valence electrons. The Labute approximate surface area is 98.7 Å². The number of ether oxygens (including phenoxy) is 1. The summed E-state index contributed by atoms with van der Waals surface area (Å²) >= 11 is 0. The lowest BCUT2D eigenvalue weighted by molar-refractivity contribution is 0.107. The summed E-state index contributed by atoms with van der Waals surface area (Å²) in [6.45, 7) is 0. The summed E-state index contributed by atoms with van der Waals surface area (Å²) in [5.41, 5.74) is 1.05. The molecular weight excluding hydrogens is 220 g/mol. The van der Waals surface area contributed by atoms with Crippen molar-refractivity contribution < 1.29 is 9.94 Å². The van der Waals surface area contributed by atoms with Gasteiger partial charge in [-0.3, -0.25) is 5.21 Å². The van der Waals surface area contributed by atoms with Crippen LogP contribution in [0.4, 0.5) is 5.69 Å². The molecule has 0 aromatic heterocycles. The van der Waals surface area contributed by atoms with Crippen LogP contribution in [0.3, 0.4) is 0 Å². The standard InChI is InChI=1S/C12H11N2O3/c13-8-11-2-1-3-12(17-11)9-4-6-10(7-5-9)14(15)16/h2,4-7,12,15H,1,3H2/q-1. The highest BCUT2D eigenvalue weighted by molar-refractivity contribution is 5.46. The molecule has 1 aromatic carbocycles. The predicted octanol–water partition coefficient (Wildman–Crippen LogP) is 2.64. The van der Waals surface area contributed by atoms with Crippen LogP contribution in [0.1, 0.15) is 24.5 Å². The van der Waals surface area contributed by atoms with E-state index in [1.54, 1.807) is 18.2 Å². The van der Waals surface area contributed by atoms with E-state index in [0.717, 1.165) is 18.4 Å². The Morgan fingerprint density at radius 2 is 2.12 bits per heavy atom. The van der Waals surface area contributed by atoms with E-state index in [0.29, 0.717) is 5.76 Å². The SMILES string of the molecule is N#CC1=CCCC(c2ccc(N([O-])O)cc2)O1. The number of benzene rings is 1. The zero-order chi connectivity index (χ0) is 12.3. The van der Waals surface area contributed by atoms with Gasteiger partial charge in [-0.2, -0.15) is 5.26 Å². The first-order valence-electron chi connectivity index (χ1n) is 5.23. The highest BCUT2D eigenvalue weighted by atomic mass is 16.8. The molecule has 0 spiro atoms. The summed E-state index contributed by atoms with van der Waals surface area (Å²) in [5.74, 6) is 0.331. The molecule has 0 fully saturated rings. The molecule has 1 unspecified atom stereocenters. The first-order valence-corrected chi connectivity index (χ1v) is 5.23. The van der Waals surface area contributed by atoms with Crippen LogP contribution >= 0.6 is 0 Å². The predicted molar refractivity (Wildman–Crippen MR) is 60.8 cm³/mol. The van der Waals surface area contributed by atoms with Crippen LogP contribution in [0.25, 0.3) is 0 Å². The van der Waals surface area contributed by atoms with E-state index in [1.807, 2.05) is 6.07 Å². The monoisotopic (exact) mass is 231 g/mol. The van der Waals surface area contributed by atoms with E-state index in [9.17, 15) is 5.21 Å². The summed E-state index contributed by atoms with van der Waals surface area (Å²) in [7, 11) is 0. The van der Waals surface area contributed by atoms with Crippen LogP contribution < -0.4 is 5.23 Å². The quantitative estimate of drug-likeness (QED) is 0.791. The van der Waals surface area contributed by atoms with E-state index in [1.165, 1.54) is 12.1 Å². The summed E-state index contributed by atoms with van der Waals surface area (Å²) in [6.07, 6.45) is 3.19. The highest BCUT2D eigenvalue weighted by Crippen LogP contribution is 2.30. The number of hydrogen-bond acceptors (Lipinski definition) is 5. The molecule has 2 rings (SSSR count). The van der Waals surface area contributed by atoms with E-state index in [2.05, 4.69) is 0 Å². The minimum atomic E-state index is -0.188. The zero-order valence-electron chi connectivity index (χ0n) is 9.04. The number of nitrogens with zero attached hydrogens (tertiary/aromatic N) is 2. The van der Waals surface area contributed by atoms with Gasteiger partial charge in [0.2, 0.25) is 0 Å². The van der Waals surface area contributed by atoms with Gasteiger partial charge in [0.25, 0.3) is 0 Å². The number of allylic oxidation sites excluding steroid dienone is 2. The van der Waals surface area contributed by atoms with Gasteiger partial charge < -0.3 is 15.2 Å². The molecule has 1 N–H and O–H groups in total. The Bertz CT molecular complexity index is 460. The van der Waals surface area contributed by atoms with E-state index in [4.69, 9.17) is 15.2 Å². The van der Waals surface area contributed by atoms with E-state index >= 15 is 0 Å². The van der Waals surface area contributed by atoms with Gasteiger partial charge in [-0.25, -0.2) is 0 Å². The molecule has 5 heteroatoms. The first-order chi connectivity index (χ1) is 8.20. The molecule has 1 aromatic rings. The van der Waals surface area contributed by atoms with Gasteiger partial charge in [-0.05, 0) is 36.6 Å². The van der Waals surface area contributed by atoms with Crippen molar-refractivity contribution >= 4 is 5.69 Å². The smallest absolute Gasteiger partial charge is 0.193 e. The summed E-state index contributed by atoms with van der Waals surface area (Å²) < 4.78 is 5.47. The van der Waals surface area contributed by atoms with Crippen LogP contribution in [-0.4, -0.2) is 5.21 Å². The molecule has 5 nitrogen and oxygen atoms in total. The van der Waals surface area contributed by atoms with Crippen molar-refractivity contribution in [2.75, 3.05) is 5.23 Å².